The molecule has 1 aromatic carbocycles. The third-order valence-corrected chi connectivity index (χ3v) is 1.74. The van der Waals surface area contributed by atoms with Crippen LogP contribution in [0.3, 0.4) is 0 Å². The van der Waals surface area contributed by atoms with Crippen molar-refractivity contribution < 1.29 is 27.8 Å². The van der Waals surface area contributed by atoms with Gasteiger partial charge in [-0.15, -0.1) is 13.2 Å². The summed E-state index contributed by atoms with van der Waals surface area (Å²) in [5.74, 6) is -0.473. The number of hydrogen-bond donors (Lipinski definition) is 1. The highest BCUT2D eigenvalue weighted by molar-refractivity contribution is 5.77. The van der Waals surface area contributed by atoms with E-state index in [4.69, 9.17) is 5.11 Å². The normalized spacial score (nSPS) is 11.8. The Morgan fingerprint density at radius 2 is 1.88 bits per heavy atom. The molecular weight excluding hydrogens is 237 g/mol. The Hall–Kier alpha value is -1.82. The summed E-state index contributed by atoms with van der Waals surface area (Å²) in [5, 5.41) is 8.54. The van der Waals surface area contributed by atoms with Crippen LogP contribution in [0.25, 0.3) is 6.08 Å². The lowest BCUT2D eigenvalue weighted by Gasteiger charge is -2.09. The summed E-state index contributed by atoms with van der Waals surface area (Å²) in [6.07, 6.45) is -1.67. The lowest BCUT2D eigenvalue weighted by atomic mass is 10.1. The third kappa shape index (κ3) is 4.69. The van der Waals surface area contributed by atoms with Crippen LogP contribution < -0.4 is 4.74 Å². The maximum atomic E-state index is 12.0. The van der Waals surface area contributed by atoms with Crippen LogP contribution in [0.15, 0.2) is 24.3 Å². The van der Waals surface area contributed by atoms with Crippen LogP contribution in [0.2, 0.25) is 0 Å². The predicted molar refractivity (Wildman–Crippen MR) is 54.6 cm³/mol. The van der Waals surface area contributed by atoms with Gasteiger partial charge in [-0.2, -0.15) is 0 Å². The van der Waals surface area contributed by atoms with Crippen LogP contribution >= 0.6 is 0 Å². The zero-order valence-electron chi connectivity index (χ0n) is 8.57. The third-order valence-electron chi connectivity index (χ3n) is 1.74. The van der Waals surface area contributed by atoms with E-state index in [1.54, 1.807) is 0 Å². The topological polar surface area (TPSA) is 46.5 Å². The van der Waals surface area contributed by atoms with Crippen molar-refractivity contribution in [1.82, 2.24) is 0 Å². The summed E-state index contributed by atoms with van der Waals surface area (Å²) in [4.78, 5) is 10.5. The van der Waals surface area contributed by atoms with Crippen molar-refractivity contribution in [3.8, 4) is 5.75 Å². The molecule has 6 heteroatoms. The van der Waals surface area contributed by atoms with E-state index in [0.717, 1.165) is 12.1 Å². The fourth-order valence-corrected chi connectivity index (χ4v) is 1.19. The first-order chi connectivity index (χ1) is 7.94. The highest BCUT2D eigenvalue weighted by atomic mass is 19.4. The van der Waals surface area contributed by atoms with Gasteiger partial charge in [-0.1, -0.05) is 12.2 Å². The molecule has 0 fully saturated rings. The molecule has 0 aromatic heterocycles. The van der Waals surface area contributed by atoms with Gasteiger partial charge in [0.15, 0.2) is 0 Å². The number of carbonyl (C=O) groups excluding carboxylic acids is 1. The Morgan fingerprint density at radius 1 is 1.24 bits per heavy atom. The van der Waals surface area contributed by atoms with Crippen molar-refractivity contribution in [2.45, 2.75) is 6.36 Å². The molecule has 0 aliphatic rings. The molecule has 0 radical (unpaired) electrons. The standard InChI is InChI=1S/C11H9F3O3/c12-11(13,14)17-10-5-8(2-1-3-15)4-9(6-10)7-16/h1-2,4-7,15H,3H2. The van der Waals surface area contributed by atoms with Crippen molar-refractivity contribution >= 4 is 12.4 Å². The molecule has 0 amide bonds. The molecule has 0 saturated carbocycles. The average molecular weight is 246 g/mol. The van der Waals surface area contributed by atoms with Crippen LogP contribution in [0.1, 0.15) is 15.9 Å². The number of rotatable bonds is 4. The van der Waals surface area contributed by atoms with Crippen molar-refractivity contribution in [1.29, 1.82) is 0 Å². The molecule has 0 atom stereocenters. The van der Waals surface area contributed by atoms with Gasteiger partial charge < -0.3 is 9.84 Å². The number of aliphatic hydroxyl groups excluding tert-OH is 1. The summed E-state index contributed by atoms with van der Waals surface area (Å²) in [6, 6.07) is 3.48. The molecule has 0 bridgehead atoms. The summed E-state index contributed by atoms with van der Waals surface area (Å²) < 4.78 is 39.7. The molecule has 17 heavy (non-hydrogen) atoms. The molecule has 0 aliphatic carbocycles. The Labute approximate surface area is 95.1 Å². The predicted octanol–water partition coefficient (Wildman–Crippen LogP) is 2.40. The number of aldehydes is 1. The lowest BCUT2D eigenvalue weighted by molar-refractivity contribution is -0.274. The molecule has 92 valence electrons. The molecule has 1 aromatic rings. The highest BCUT2D eigenvalue weighted by Crippen LogP contribution is 2.25. The minimum Gasteiger partial charge on any atom is -0.406 e. The Balaban J connectivity index is 3.05. The van der Waals surface area contributed by atoms with E-state index in [9.17, 15) is 18.0 Å². The minimum atomic E-state index is -4.81. The monoisotopic (exact) mass is 246 g/mol. The van der Waals surface area contributed by atoms with E-state index >= 15 is 0 Å². The maximum absolute atomic E-state index is 12.0. The van der Waals surface area contributed by atoms with Gasteiger partial charge in [0.05, 0.1) is 6.61 Å². The van der Waals surface area contributed by atoms with E-state index in [2.05, 4.69) is 4.74 Å². The largest absolute Gasteiger partial charge is 0.573 e. The lowest BCUT2D eigenvalue weighted by Crippen LogP contribution is -2.17. The van der Waals surface area contributed by atoms with Gasteiger partial charge in [-0.25, -0.2) is 0 Å². The first-order valence-electron chi connectivity index (χ1n) is 4.58. The fourth-order valence-electron chi connectivity index (χ4n) is 1.19. The van der Waals surface area contributed by atoms with Gasteiger partial charge in [-0.3, -0.25) is 4.79 Å². The first kappa shape index (κ1) is 13.2. The smallest absolute Gasteiger partial charge is 0.406 e. The van der Waals surface area contributed by atoms with Gasteiger partial charge in [0, 0.05) is 5.56 Å². The van der Waals surface area contributed by atoms with Crippen LogP contribution in [-0.2, 0) is 0 Å². The Bertz CT molecular complexity index is 424. The van der Waals surface area contributed by atoms with Crippen LogP contribution in [-0.4, -0.2) is 24.4 Å². The molecule has 0 aliphatic heterocycles. The second-order valence-electron chi connectivity index (χ2n) is 3.09. The molecule has 1 rings (SSSR count). The van der Waals surface area contributed by atoms with Gasteiger partial charge in [0.2, 0.25) is 0 Å². The molecule has 1 N–H and O–H groups in total. The molecule has 0 unspecified atom stereocenters. The Kier molecular flexibility index (Phi) is 4.28. The second-order valence-corrected chi connectivity index (χ2v) is 3.09. The van der Waals surface area contributed by atoms with E-state index in [-0.39, 0.29) is 12.2 Å². The number of benzene rings is 1. The number of ether oxygens (including phenoxy) is 1. The first-order valence-corrected chi connectivity index (χ1v) is 4.58. The van der Waals surface area contributed by atoms with Crippen molar-refractivity contribution in [3.05, 3.63) is 35.4 Å². The molecular formula is C11H9F3O3. The molecule has 0 heterocycles. The van der Waals surface area contributed by atoms with Gasteiger partial charge in [0.25, 0.3) is 0 Å². The zero-order valence-corrected chi connectivity index (χ0v) is 8.57. The van der Waals surface area contributed by atoms with Crippen molar-refractivity contribution in [3.63, 3.8) is 0 Å². The maximum Gasteiger partial charge on any atom is 0.573 e. The average Bonchev–Trinajstić information content (AvgIpc) is 2.23. The minimum absolute atomic E-state index is 0.0596. The van der Waals surface area contributed by atoms with E-state index < -0.39 is 12.1 Å². The number of carbonyl (C=O) groups is 1. The van der Waals surface area contributed by atoms with Gasteiger partial charge in [-0.05, 0) is 23.8 Å². The summed E-state index contributed by atoms with van der Waals surface area (Å²) >= 11 is 0. The number of aliphatic hydroxyl groups is 1. The van der Waals surface area contributed by atoms with Crippen LogP contribution in [0.4, 0.5) is 13.2 Å². The van der Waals surface area contributed by atoms with Crippen molar-refractivity contribution in [2.24, 2.45) is 0 Å². The fraction of sp³-hybridized carbons (Fsp3) is 0.182. The zero-order chi connectivity index (χ0) is 12.9. The SMILES string of the molecule is O=Cc1cc(C=CCO)cc(OC(F)(F)F)c1. The summed E-state index contributed by atoms with van der Waals surface area (Å²) in [7, 11) is 0. The summed E-state index contributed by atoms with van der Waals surface area (Å²) in [6.45, 7) is -0.249. The Morgan fingerprint density at radius 3 is 2.41 bits per heavy atom. The molecule has 0 saturated heterocycles. The highest BCUT2D eigenvalue weighted by Gasteiger charge is 2.31. The van der Waals surface area contributed by atoms with Gasteiger partial charge in [0.1, 0.15) is 12.0 Å². The number of hydrogen-bond acceptors (Lipinski definition) is 3. The van der Waals surface area contributed by atoms with Crippen LogP contribution in [0, 0.1) is 0 Å². The summed E-state index contributed by atoms with van der Waals surface area (Å²) in [5.41, 5.74) is 0.396. The molecule has 3 nitrogen and oxygen atoms in total. The van der Waals surface area contributed by atoms with Crippen LogP contribution in [0.5, 0.6) is 5.75 Å². The van der Waals surface area contributed by atoms with Crippen molar-refractivity contribution in [2.75, 3.05) is 6.61 Å². The molecule has 0 spiro atoms. The van der Waals surface area contributed by atoms with E-state index in [1.807, 2.05) is 0 Å². The van der Waals surface area contributed by atoms with Gasteiger partial charge >= 0.3 is 6.36 Å². The quantitative estimate of drug-likeness (QED) is 0.830. The van der Waals surface area contributed by atoms with E-state index in [1.165, 1.54) is 18.2 Å². The van der Waals surface area contributed by atoms with E-state index in [0.29, 0.717) is 11.8 Å². The number of halogens is 3. The second kappa shape index (κ2) is 5.49. The number of alkyl halides is 3.